The van der Waals surface area contributed by atoms with Crippen molar-refractivity contribution in [3.8, 4) is 0 Å². The van der Waals surface area contributed by atoms with E-state index in [4.69, 9.17) is 9.16 Å². The van der Waals surface area contributed by atoms with Gasteiger partial charge in [-0.2, -0.15) is 0 Å². The molecule has 2 aliphatic heterocycles. The zero-order valence-corrected chi connectivity index (χ0v) is 18.2. The van der Waals surface area contributed by atoms with Gasteiger partial charge >= 0.3 is 0 Å². The standard InChI is InChI=1S/C20H33NO2SSi/c1-20(2,3)25(4,5)23-13-10-19-18-8-7-17(21-11-6-14-24-21)15-16(18)9-12-22-19/h7-8,15,19H,6,9-14H2,1-5H3/t19-/m0/s1. The molecule has 0 aromatic heterocycles. The Hall–Kier alpha value is -0.493. The molecule has 1 atom stereocenters. The van der Waals surface area contributed by atoms with E-state index in [-0.39, 0.29) is 11.1 Å². The Morgan fingerprint density at radius 2 is 2.12 bits per heavy atom. The van der Waals surface area contributed by atoms with Gasteiger partial charge in [-0.1, -0.05) is 26.8 Å². The molecule has 0 radical (unpaired) electrons. The lowest BCUT2D eigenvalue weighted by Gasteiger charge is -2.37. The molecule has 0 unspecified atom stereocenters. The van der Waals surface area contributed by atoms with Crippen molar-refractivity contribution >= 4 is 26.0 Å². The molecular weight excluding hydrogens is 346 g/mol. The maximum Gasteiger partial charge on any atom is 0.191 e. The molecule has 0 spiro atoms. The Balaban J connectivity index is 1.63. The number of hydrogen-bond acceptors (Lipinski definition) is 4. The second-order valence-electron chi connectivity index (χ2n) is 8.68. The van der Waals surface area contributed by atoms with Crippen LogP contribution in [0.2, 0.25) is 18.1 Å². The monoisotopic (exact) mass is 379 g/mol. The van der Waals surface area contributed by atoms with Gasteiger partial charge in [-0.05, 0) is 72.6 Å². The van der Waals surface area contributed by atoms with Crippen LogP contribution in [0.3, 0.4) is 0 Å². The first-order valence-corrected chi connectivity index (χ1v) is 13.4. The number of anilines is 1. The third-order valence-corrected chi connectivity index (χ3v) is 11.6. The van der Waals surface area contributed by atoms with Crippen molar-refractivity contribution in [1.82, 2.24) is 0 Å². The van der Waals surface area contributed by atoms with Gasteiger partial charge in [-0.15, -0.1) is 0 Å². The van der Waals surface area contributed by atoms with Gasteiger partial charge < -0.3 is 13.5 Å². The Kier molecular flexibility index (Phi) is 5.88. The quantitative estimate of drug-likeness (QED) is 0.492. The van der Waals surface area contributed by atoms with E-state index in [1.165, 1.54) is 35.5 Å². The average Bonchev–Trinajstić information content (AvgIpc) is 3.08. The molecule has 0 bridgehead atoms. The lowest BCUT2D eigenvalue weighted by molar-refractivity contribution is 0.0265. The van der Waals surface area contributed by atoms with E-state index >= 15 is 0 Å². The van der Waals surface area contributed by atoms with Gasteiger partial charge in [0.1, 0.15) is 0 Å². The minimum absolute atomic E-state index is 0.189. The number of hydrogen-bond donors (Lipinski definition) is 0. The summed E-state index contributed by atoms with van der Waals surface area (Å²) >= 11 is 1.95. The first-order valence-electron chi connectivity index (χ1n) is 9.57. The SMILES string of the molecule is CC(C)(C)[Si](C)(C)OCC[C@@H]1OCCc2cc(N3CCCS3)ccc21. The summed E-state index contributed by atoms with van der Waals surface area (Å²) in [5.41, 5.74) is 4.20. The van der Waals surface area contributed by atoms with Gasteiger partial charge in [0.25, 0.3) is 0 Å². The molecule has 140 valence electrons. The average molecular weight is 380 g/mol. The van der Waals surface area contributed by atoms with E-state index in [2.05, 4.69) is 56.4 Å². The van der Waals surface area contributed by atoms with Crippen LogP contribution < -0.4 is 4.31 Å². The highest BCUT2D eigenvalue weighted by Crippen LogP contribution is 2.38. The number of rotatable bonds is 5. The largest absolute Gasteiger partial charge is 0.417 e. The molecule has 2 aliphatic rings. The van der Waals surface area contributed by atoms with Crippen LogP contribution in [0.15, 0.2) is 18.2 Å². The highest BCUT2D eigenvalue weighted by Gasteiger charge is 2.37. The number of nitrogens with zero attached hydrogens (tertiary/aromatic N) is 1. The summed E-state index contributed by atoms with van der Waals surface area (Å²) in [5.74, 6) is 1.24. The van der Waals surface area contributed by atoms with E-state index in [0.29, 0.717) is 0 Å². The molecule has 0 saturated carbocycles. The second kappa shape index (κ2) is 7.63. The van der Waals surface area contributed by atoms with Crippen molar-refractivity contribution in [3.05, 3.63) is 29.3 Å². The summed E-state index contributed by atoms with van der Waals surface area (Å²) in [6.45, 7) is 14.3. The molecule has 3 rings (SSSR count). The fourth-order valence-electron chi connectivity index (χ4n) is 3.21. The molecule has 0 N–H and O–H groups in total. The van der Waals surface area contributed by atoms with Gasteiger partial charge in [0, 0.05) is 24.6 Å². The molecule has 1 aromatic rings. The predicted octanol–water partition coefficient (Wildman–Crippen LogP) is 5.57. The summed E-state index contributed by atoms with van der Waals surface area (Å²) in [6, 6.07) is 6.95. The molecule has 0 amide bonds. The third-order valence-electron chi connectivity index (χ3n) is 5.85. The van der Waals surface area contributed by atoms with Crippen LogP contribution in [0, 0.1) is 0 Å². The summed E-state index contributed by atoms with van der Waals surface area (Å²) in [6.07, 6.45) is 3.46. The fourth-order valence-corrected chi connectivity index (χ4v) is 5.27. The normalized spacial score (nSPS) is 21.5. The number of ether oxygens (including phenoxy) is 1. The molecular formula is C20H33NO2SSi. The Morgan fingerprint density at radius 3 is 2.80 bits per heavy atom. The molecule has 3 nitrogen and oxygen atoms in total. The lowest BCUT2D eigenvalue weighted by Crippen LogP contribution is -2.41. The van der Waals surface area contributed by atoms with Crippen molar-refractivity contribution in [1.29, 1.82) is 0 Å². The predicted molar refractivity (Wildman–Crippen MR) is 111 cm³/mol. The Morgan fingerprint density at radius 1 is 1.32 bits per heavy atom. The van der Waals surface area contributed by atoms with Crippen LogP contribution >= 0.6 is 11.9 Å². The topological polar surface area (TPSA) is 21.7 Å². The summed E-state index contributed by atoms with van der Waals surface area (Å²) in [5, 5.41) is 0.265. The summed E-state index contributed by atoms with van der Waals surface area (Å²) in [4.78, 5) is 0. The van der Waals surface area contributed by atoms with Gasteiger partial charge in [0.2, 0.25) is 0 Å². The van der Waals surface area contributed by atoms with Crippen molar-refractivity contribution in [3.63, 3.8) is 0 Å². The second-order valence-corrected chi connectivity index (χ2v) is 14.6. The van der Waals surface area contributed by atoms with Gasteiger partial charge in [0.15, 0.2) is 8.32 Å². The zero-order valence-electron chi connectivity index (χ0n) is 16.4. The zero-order chi connectivity index (χ0) is 18.1. The van der Waals surface area contributed by atoms with Crippen LogP contribution in [0.25, 0.3) is 0 Å². The van der Waals surface area contributed by atoms with Gasteiger partial charge in [-0.25, -0.2) is 0 Å². The fraction of sp³-hybridized carbons (Fsp3) is 0.700. The Labute approximate surface area is 158 Å². The van der Waals surface area contributed by atoms with Crippen molar-refractivity contribution in [2.45, 2.75) is 64.3 Å². The minimum atomic E-state index is -1.67. The van der Waals surface area contributed by atoms with E-state index in [1.807, 2.05) is 11.9 Å². The maximum atomic E-state index is 6.36. The number of fused-ring (bicyclic) bond motifs is 1. The van der Waals surface area contributed by atoms with E-state index < -0.39 is 8.32 Å². The van der Waals surface area contributed by atoms with E-state index in [9.17, 15) is 0 Å². The van der Waals surface area contributed by atoms with Crippen LogP contribution in [0.1, 0.15) is 50.8 Å². The molecule has 2 heterocycles. The highest BCUT2D eigenvalue weighted by molar-refractivity contribution is 8.00. The van der Waals surface area contributed by atoms with Crippen LogP contribution in [-0.4, -0.2) is 33.8 Å². The molecule has 25 heavy (non-hydrogen) atoms. The number of benzene rings is 1. The van der Waals surface area contributed by atoms with E-state index in [1.54, 1.807) is 0 Å². The van der Waals surface area contributed by atoms with Crippen molar-refractivity contribution < 1.29 is 9.16 Å². The molecule has 1 saturated heterocycles. The van der Waals surface area contributed by atoms with Crippen LogP contribution in [-0.2, 0) is 15.6 Å². The van der Waals surface area contributed by atoms with Crippen LogP contribution in [0.5, 0.6) is 0 Å². The molecule has 5 heteroatoms. The first-order chi connectivity index (χ1) is 11.8. The van der Waals surface area contributed by atoms with Gasteiger partial charge in [-0.3, -0.25) is 0 Å². The highest BCUT2D eigenvalue weighted by atomic mass is 32.2. The van der Waals surface area contributed by atoms with Gasteiger partial charge in [0.05, 0.1) is 12.7 Å². The van der Waals surface area contributed by atoms with Crippen molar-refractivity contribution in [2.24, 2.45) is 0 Å². The maximum absolute atomic E-state index is 6.36. The summed E-state index contributed by atoms with van der Waals surface area (Å²) in [7, 11) is -1.67. The van der Waals surface area contributed by atoms with E-state index in [0.717, 1.165) is 26.1 Å². The first kappa shape index (κ1) is 19.3. The lowest BCUT2D eigenvalue weighted by atomic mass is 9.95. The minimum Gasteiger partial charge on any atom is -0.417 e. The summed E-state index contributed by atoms with van der Waals surface area (Å²) < 4.78 is 14.9. The van der Waals surface area contributed by atoms with Crippen molar-refractivity contribution in [2.75, 3.05) is 29.8 Å². The Bertz CT molecular complexity index is 594. The molecule has 1 aromatic carbocycles. The molecule has 0 aliphatic carbocycles. The smallest absolute Gasteiger partial charge is 0.191 e. The third kappa shape index (κ3) is 4.44. The molecule has 1 fully saturated rings. The van der Waals surface area contributed by atoms with Crippen LogP contribution in [0.4, 0.5) is 5.69 Å².